The highest BCUT2D eigenvalue weighted by Gasteiger charge is 2.13. The summed E-state index contributed by atoms with van der Waals surface area (Å²) in [5, 5.41) is 3.28. The van der Waals surface area contributed by atoms with Crippen LogP contribution >= 0.6 is 24.0 Å². The van der Waals surface area contributed by atoms with Crippen LogP contribution in [0.3, 0.4) is 0 Å². The van der Waals surface area contributed by atoms with Crippen molar-refractivity contribution >= 4 is 46.7 Å². The van der Waals surface area contributed by atoms with Crippen molar-refractivity contribution in [2.24, 2.45) is 17.8 Å². The largest absolute Gasteiger partial charge is 0.370 e. The highest BCUT2D eigenvalue weighted by Crippen LogP contribution is 2.27. The molecule has 3 aromatic rings. The number of aromatic nitrogens is 2. The monoisotopic (exact) mass is 461 g/mol. The van der Waals surface area contributed by atoms with Crippen LogP contribution in [0.25, 0.3) is 11.0 Å². The minimum Gasteiger partial charge on any atom is -0.370 e. The number of benzene rings is 2. The molecule has 0 amide bonds. The quantitative estimate of drug-likeness (QED) is 0.352. The van der Waals surface area contributed by atoms with Crippen molar-refractivity contribution in [3.63, 3.8) is 0 Å². The van der Waals surface area contributed by atoms with Crippen molar-refractivity contribution in [1.82, 2.24) is 9.55 Å². The van der Waals surface area contributed by atoms with Crippen LogP contribution in [0.2, 0.25) is 0 Å². The van der Waals surface area contributed by atoms with Crippen LogP contribution in [0.15, 0.2) is 47.5 Å². The van der Waals surface area contributed by atoms with E-state index in [0.717, 1.165) is 35.4 Å². The number of guanidine groups is 1. The van der Waals surface area contributed by atoms with Gasteiger partial charge in [0, 0.05) is 12.7 Å². The summed E-state index contributed by atoms with van der Waals surface area (Å²) in [7, 11) is 2.01. The molecule has 1 aliphatic carbocycles. The fraction of sp³-hybridized carbons (Fsp3) is 0.300. The summed E-state index contributed by atoms with van der Waals surface area (Å²) in [5.41, 5.74) is 12.1. The predicted octanol–water partition coefficient (Wildman–Crippen LogP) is 4.00. The van der Waals surface area contributed by atoms with Gasteiger partial charge in [0.05, 0.1) is 11.0 Å². The lowest BCUT2D eigenvalue weighted by molar-refractivity contribution is 0.687. The number of nitrogens with one attached hydrogen (secondary N) is 1. The second-order valence-electron chi connectivity index (χ2n) is 6.55. The van der Waals surface area contributed by atoms with Gasteiger partial charge in [-0.05, 0) is 55.0 Å². The second-order valence-corrected chi connectivity index (χ2v) is 6.55. The van der Waals surface area contributed by atoms with Crippen molar-refractivity contribution in [1.29, 1.82) is 0 Å². The van der Waals surface area contributed by atoms with Gasteiger partial charge >= 0.3 is 0 Å². The van der Waals surface area contributed by atoms with Gasteiger partial charge in [-0.1, -0.05) is 24.3 Å². The zero-order chi connectivity index (χ0) is 17.2. The molecule has 6 heteroatoms. The van der Waals surface area contributed by atoms with E-state index >= 15 is 0 Å². The maximum Gasteiger partial charge on any atom is 0.193 e. The number of halogens is 1. The number of anilines is 1. The Morgan fingerprint density at radius 3 is 2.81 bits per heavy atom. The van der Waals surface area contributed by atoms with Gasteiger partial charge in [0.15, 0.2) is 5.96 Å². The Balaban J connectivity index is 0.00000196. The number of aliphatic imine (C=N–C) groups is 1. The van der Waals surface area contributed by atoms with Gasteiger partial charge in [0.2, 0.25) is 0 Å². The molecule has 0 bridgehead atoms. The highest BCUT2D eigenvalue weighted by molar-refractivity contribution is 14.0. The summed E-state index contributed by atoms with van der Waals surface area (Å²) in [6.45, 7) is 0.457. The first-order valence-corrected chi connectivity index (χ1v) is 8.80. The molecule has 1 heterocycles. The van der Waals surface area contributed by atoms with Gasteiger partial charge < -0.3 is 15.6 Å². The third-order valence-electron chi connectivity index (χ3n) is 4.93. The number of para-hydroxylation sites is 2. The van der Waals surface area contributed by atoms with E-state index < -0.39 is 0 Å². The normalized spacial score (nSPS) is 14.0. The Kier molecular flexibility index (Phi) is 5.80. The predicted molar refractivity (Wildman–Crippen MR) is 118 cm³/mol. The number of hydrogen-bond acceptors (Lipinski definition) is 2. The number of aryl methyl sites for hydroxylation is 2. The Labute approximate surface area is 170 Å². The second kappa shape index (κ2) is 8.07. The molecule has 2 aromatic carbocycles. The van der Waals surface area contributed by atoms with Crippen LogP contribution in [0.5, 0.6) is 0 Å². The van der Waals surface area contributed by atoms with E-state index in [1.165, 1.54) is 24.0 Å². The molecule has 136 valence electrons. The first kappa shape index (κ1) is 18.7. The minimum atomic E-state index is 0. The molecule has 4 rings (SSSR count). The maximum absolute atomic E-state index is 6.13. The molecule has 0 atom stereocenters. The van der Waals surface area contributed by atoms with Crippen molar-refractivity contribution < 1.29 is 0 Å². The number of hydrogen-bond donors (Lipinski definition) is 2. The van der Waals surface area contributed by atoms with Crippen LogP contribution in [0, 0.1) is 0 Å². The summed E-state index contributed by atoms with van der Waals surface area (Å²) >= 11 is 0. The summed E-state index contributed by atoms with van der Waals surface area (Å²) < 4.78 is 2.07. The van der Waals surface area contributed by atoms with Crippen molar-refractivity contribution in [3.05, 3.63) is 59.4 Å². The van der Waals surface area contributed by atoms with E-state index in [0.29, 0.717) is 12.5 Å². The molecule has 0 radical (unpaired) electrons. The van der Waals surface area contributed by atoms with Crippen molar-refractivity contribution in [3.8, 4) is 0 Å². The zero-order valence-corrected chi connectivity index (χ0v) is 17.2. The fourth-order valence-corrected chi connectivity index (χ4v) is 3.57. The summed E-state index contributed by atoms with van der Waals surface area (Å²) in [6.07, 6.45) is 4.77. The third-order valence-corrected chi connectivity index (χ3v) is 4.93. The minimum absolute atomic E-state index is 0. The van der Waals surface area contributed by atoms with Crippen molar-refractivity contribution in [2.45, 2.75) is 32.2 Å². The van der Waals surface area contributed by atoms with Crippen LogP contribution in [0.1, 0.15) is 29.8 Å². The molecule has 0 spiro atoms. The fourth-order valence-electron chi connectivity index (χ4n) is 3.57. The average Bonchev–Trinajstić information content (AvgIpc) is 2.97. The SMILES string of the molecule is Cn1c(CN=C(N)Nc2cccc3c2CCCC3)nc2ccccc21.I. The van der Waals surface area contributed by atoms with Gasteiger partial charge in [0.25, 0.3) is 0 Å². The van der Waals surface area contributed by atoms with Crippen LogP contribution in [0.4, 0.5) is 5.69 Å². The molecule has 0 aliphatic heterocycles. The lowest BCUT2D eigenvalue weighted by Crippen LogP contribution is -2.24. The van der Waals surface area contributed by atoms with Crippen LogP contribution in [-0.4, -0.2) is 15.5 Å². The molecule has 26 heavy (non-hydrogen) atoms. The van der Waals surface area contributed by atoms with Crippen LogP contribution in [-0.2, 0) is 26.4 Å². The van der Waals surface area contributed by atoms with E-state index in [-0.39, 0.29) is 24.0 Å². The molecule has 1 aromatic heterocycles. The van der Waals surface area contributed by atoms with Gasteiger partial charge in [0.1, 0.15) is 12.4 Å². The Hall–Kier alpha value is -2.09. The first-order valence-electron chi connectivity index (χ1n) is 8.80. The molecule has 0 saturated carbocycles. The third kappa shape index (κ3) is 3.70. The average molecular weight is 461 g/mol. The molecular weight excluding hydrogens is 437 g/mol. The lowest BCUT2D eigenvalue weighted by atomic mass is 9.90. The Morgan fingerprint density at radius 2 is 1.96 bits per heavy atom. The molecule has 0 saturated heterocycles. The molecule has 3 N–H and O–H groups in total. The summed E-state index contributed by atoms with van der Waals surface area (Å²) in [5.74, 6) is 1.34. The number of fused-ring (bicyclic) bond motifs is 2. The van der Waals surface area contributed by atoms with E-state index in [9.17, 15) is 0 Å². The molecule has 0 unspecified atom stereocenters. The summed E-state index contributed by atoms with van der Waals surface area (Å²) in [4.78, 5) is 9.13. The summed E-state index contributed by atoms with van der Waals surface area (Å²) in [6, 6.07) is 14.5. The van der Waals surface area contributed by atoms with Gasteiger partial charge in [-0.25, -0.2) is 9.98 Å². The molecular formula is C20H24IN5. The molecule has 1 aliphatic rings. The van der Waals surface area contributed by atoms with Crippen LogP contribution < -0.4 is 11.1 Å². The van der Waals surface area contributed by atoms with Gasteiger partial charge in [-0.2, -0.15) is 0 Å². The zero-order valence-electron chi connectivity index (χ0n) is 14.9. The van der Waals surface area contributed by atoms with E-state index in [2.05, 4.69) is 44.1 Å². The maximum atomic E-state index is 6.13. The Morgan fingerprint density at radius 1 is 1.15 bits per heavy atom. The smallest absolute Gasteiger partial charge is 0.193 e. The number of nitrogens with zero attached hydrogens (tertiary/aromatic N) is 3. The first-order chi connectivity index (χ1) is 12.2. The number of imidazole rings is 1. The molecule has 0 fully saturated rings. The van der Waals surface area contributed by atoms with Crippen molar-refractivity contribution in [2.75, 3.05) is 5.32 Å². The lowest BCUT2D eigenvalue weighted by Gasteiger charge is -2.19. The van der Waals surface area contributed by atoms with Gasteiger partial charge in [-0.3, -0.25) is 0 Å². The van der Waals surface area contributed by atoms with E-state index in [1.807, 2.05) is 25.2 Å². The standard InChI is InChI=1S/C20H23N5.HI/c1-25-18-12-5-4-10-17(18)23-19(25)13-22-20(21)24-16-11-6-8-14-7-2-3-9-15(14)16;/h4-6,8,10-12H,2-3,7,9,13H2,1H3,(H3,21,22,24);1H. The Bertz CT molecular complexity index is 945. The van der Waals surface area contributed by atoms with E-state index in [4.69, 9.17) is 5.73 Å². The highest BCUT2D eigenvalue weighted by atomic mass is 127. The number of nitrogens with two attached hydrogens (primary N) is 1. The molecule has 5 nitrogen and oxygen atoms in total. The van der Waals surface area contributed by atoms with E-state index in [1.54, 1.807) is 0 Å². The number of rotatable bonds is 3. The van der Waals surface area contributed by atoms with Gasteiger partial charge in [-0.15, -0.1) is 24.0 Å². The topological polar surface area (TPSA) is 68.2 Å².